The minimum atomic E-state index is -0.567. The third-order valence-electron chi connectivity index (χ3n) is 5.38. The maximum absolute atomic E-state index is 13.1. The van der Waals surface area contributed by atoms with Crippen LogP contribution in [-0.2, 0) is 6.54 Å². The summed E-state index contributed by atoms with van der Waals surface area (Å²) in [5.74, 6) is -0.237. The summed E-state index contributed by atoms with van der Waals surface area (Å²) in [6, 6.07) is 13.8. The van der Waals surface area contributed by atoms with E-state index in [0.29, 0.717) is 11.1 Å². The van der Waals surface area contributed by atoms with E-state index in [1.165, 1.54) is 29.1 Å². The van der Waals surface area contributed by atoms with Gasteiger partial charge in [0, 0.05) is 39.7 Å². The number of carbonyl (C=O) groups is 1. The van der Waals surface area contributed by atoms with Crippen LogP contribution in [0.15, 0.2) is 64.5 Å². The van der Waals surface area contributed by atoms with Crippen LogP contribution in [0.25, 0.3) is 16.6 Å². The van der Waals surface area contributed by atoms with Gasteiger partial charge in [0.15, 0.2) is 5.78 Å². The van der Waals surface area contributed by atoms with Gasteiger partial charge in [-0.3, -0.25) is 24.3 Å². The molecule has 0 atom stereocenters. The number of hydrogen-bond donors (Lipinski definition) is 0. The Balaban J connectivity index is 1.70. The zero-order chi connectivity index (χ0) is 23.0. The van der Waals surface area contributed by atoms with Crippen LogP contribution in [0.2, 0.25) is 0 Å². The number of aromatic nitrogens is 3. The standard InChI is InChI=1S/C23H20N4O4S/c1-14-9-19(15(2)26(14)16-5-4-6-18(10-16)32-3)22(28)12-25-13-24-21-8-7-17(27(30)31)11-20(21)23(25)29/h4-11,13H,12H2,1-3H3. The maximum atomic E-state index is 13.1. The first-order valence-corrected chi connectivity index (χ1v) is 11.0. The number of rotatable bonds is 6. The molecule has 0 bridgehead atoms. The second-order valence-corrected chi connectivity index (χ2v) is 8.26. The molecule has 0 amide bonds. The molecular weight excluding hydrogens is 428 g/mol. The third-order valence-corrected chi connectivity index (χ3v) is 6.10. The number of hydrogen-bond acceptors (Lipinski definition) is 6. The average Bonchev–Trinajstić information content (AvgIpc) is 3.09. The first-order chi connectivity index (χ1) is 15.3. The number of benzene rings is 2. The fourth-order valence-electron chi connectivity index (χ4n) is 3.81. The Labute approximate surface area is 187 Å². The fourth-order valence-corrected chi connectivity index (χ4v) is 4.26. The number of Topliss-reactive ketones (excluding diaryl/α,β-unsaturated/α-hetero) is 1. The van der Waals surface area contributed by atoms with Crippen molar-refractivity contribution in [3.63, 3.8) is 0 Å². The molecular formula is C23H20N4O4S. The summed E-state index contributed by atoms with van der Waals surface area (Å²) in [4.78, 5) is 41.7. The van der Waals surface area contributed by atoms with Crippen molar-refractivity contribution in [2.45, 2.75) is 25.3 Å². The van der Waals surface area contributed by atoms with Crippen molar-refractivity contribution in [2.75, 3.05) is 6.26 Å². The highest BCUT2D eigenvalue weighted by Crippen LogP contribution is 2.25. The van der Waals surface area contributed by atoms with Crippen molar-refractivity contribution in [2.24, 2.45) is 0 Å². The predicted octanol–water partition coefficient (Wildman–Crippen LogP) is 4.32. The first-order valence-electron chi connectivity index (χ1n) is 9.80. The van der Waals surface area contributed by atoms with Gasteiger partial charge < -0.3 is 4.57 Å². The Kier molecular flexibility index (Phi) is 5.67. The molecule has 9 heteroatoms. The molecule has 2 aromatic carbocycles. The summed E-state index contributed by atoms with van der Waals surface area (Å²) in [5.41, 5.74) is 2.82. The lowest BCUT2D eigenvalue weighted by Gasteiger charge is -2.11. The van der Waals surface area contributed by atoms with Crippen LogP contribution < -0.4 is 5.56 Å². The number of non-ortho nitro benzene ring substituents is 1. The molecule has 0 saturated carbocycles. The van der Waals surface area contributed by atoms with Gasteiger partial charge in [-0.25, -0.2) is 4.98 Å². The molecule has 4 rings (SSSR count). The molecule has 0 aliphatic rings. The first kappa shape index (κ1) is 21.5. The summed E-state index contributed by atoms with van der Waals surface area (Å²) < 4.78 is 3.20. The van der Waals surface area contributed by atoms with Crippen LogP contribution in [0.3, 0.4) is 0 Å². The highest BCUT2D eigenvalue weighted by atomic mass is 32.2. The van der Waals surface area contributed by atoms with Gasteiger partial charge in [0.1, 0.15) is 0 Å². The molecule has 2 heterocycles. The summed E-state index contributed by atoms with van der Waals surface area (Å²) >= 11 is 1.64. The number of fused-ring (bicyclic) bond motifs is 1. The van der Waals surface area contributed by atoms with Gasteiger partial charge in [-0.15, -0.1) is 11.8 Å². The normalized spacial score (nSPS) is 11.1. The zero-order valence-corrected chi connectivity index (χ0v) is 18.5. The Morgan fingerprint density at radius 1 is 1.16 bits per heavy atom. The van der Waals surface area contributed by atoms with Gasteiger partial charge in [0.2, 0.25) is 0 Å². The minimum Gasteiger partial charge on any atom is -0.318 e. The quantitative estimate of drug-likeness (QED) is 0.189. The molecule has 0 saturated heterocycles. The van der Waals surface area contributed by atoms with Crippen LogP contribution in [-0.4, -0.2) is 31.1 Å². The van der Waals surface area contributed by atoms with Gasteiger partial charge in [-0.1, -0.05) is 6.07 Å². The van der Waals surface area contributed by atoms with Crippen molar-refractivity contribution >= 4 is 34.1 Å². The van der Waals surface area contributed by atoms with Gasteiger partial charge in [0.05, 0.1) is 28.7 Å². The second kappa shape index (κ2) is 8.43. The zero-order valence-electron chi connectivity index (χ0n) is 17.7. The molecule has 0 fully saturated rings. The predicted molar refractivity (Wildman–Crippen MR) is 124 cm³/mol. The van der Waals surface area contributed by atoms with E-state index < -0.39 is 10.5 Å². The third kappa shape index (κ3) is 3.82. The molecule has 2 aromatic heterocycles. The van der Waals surface area contributed by atoms with Crippen LogP contribution in [0.4, 0.5) is 5.69 Å². The van der Waals surface area contributed by atoms with Crippen LogP contribution in [0.5, 0.6) is 0 Å². The number of carbonyl (C=O) groups excluding carboxylic acids is 1. The Morgan fingerprint density at radius 2 is 1.94 bits per heavy atom. The molecule has 0 spiro atoms. The van der Waals surface area contributed by atoms with Crippen LogP contribution in [0, 0.1) is 24.0 Å². The van der Waals surface area contributed by atoms with Crippen molar-refractivity contribution in [1.29, 1.82) is 0 Å². The van der Waals surface area contributed by atoms with Gasteiger partial charge >= 0.3 is 0 Å². The summed E-state index contributed by atoms with van der Waals surface area (Å²) in [6.07, 6.45) is 3.31. The summed E-state index contributed by atoms with van der Waals surface area (Å²) in [5, 5.41) is 11.2. The van der Waals surface area contributed by atoms with E-state index in [1.807, 2.05) is 48.9 Å². The summed E-state index contributed by atoms with van der Waals surface area (Å²) in [6.45, 7) is 3.59. The maximum Gasteiger partial charge on any atom is 0.270 e. The number of aryl methyl sites for hydroxylation is 1. The Hall–Kier alpha value is -3.72. The lowest BCUT2D eigenvalue weighted by molar-refractivity contribution is -0.384. The molecule has 162 valence electrons. The molecule has 8 nitrogen and oxygen atoms in total. The highest BCUT2D eigenvalue weighted by Gasteiger charge is 2.19. The van der Waals surface area contributed by atoms with Gasteiger partial charge in [0.25, 0.3) is 11.2 Å². The Bertz CT molecular complexity index is 1440. The lowest BCUT2D eigenvalue weighted by atomic mass is 10.1. The lowest BCUT2D eigenvalue weighted by Crippen LogP contribution is -2.25. The SMILES string of the molecule is CSc1cccc(-n2c(C)cc(C(=O)Cn3cnc4ccc([N+](=O)[O-])cc4c3=O)c2C)c1. The van der Waals surface area contributed by atoms with E-state index in [1.54, 1.807) is 11.8 Å². The van der Waals surface area contributed by atoms with Crippen LogP contribution >= 0.6 is 11.8 Å². The minimum absolute atomic E-state index is 0.105. The van der Waals surface area contributed by atoms with E-state index in [2.05, 4.69) is 11.1 Å². The number of ketones is 1. The van der Waals surface area contributed by atoms with Crippen molar-refractivity contribution in [1.82, 2.24) is 14.1 Å². The fraction of sp³-hybridized carbons (Fsp3) is 0.174. The molecule has 0 aliphatic carbocycles. The van der Waals surface area contributed by atoms with Gasteiger partial charge in [-0.05, 0) is 50.4 Å². The molecule has 0 aliphatic heterocycles. The van der Waals surface area contributed by atoms with Gasteiger partial charge in [-0.2, -0.15) is 0 Å². The second-order valence-electron chi connectivity index (χ2n) is 7.38. The van der Waals surface area contributed by atoms with Crippen molar-refractivity contribution < 1.29 is 9.72 Å². The molecule has 32 heavy (non-hydrogen) atoms. The summed E-state index contributed by atoms with van der Waals surface area (Å²) in [7, 11) is 0. The van der Waals surface area contributed by atoms with Crippen LogP contribution in [0.1, 0.15) is 21.7 Å². The van der Waals surface area contributed by atoms with E-state index in [4.69, 9.17) is 0 Å². The van der Waals surface area contributed by atoms with Crippen molar-refractivity contribution in [3.05, 3.63) is 92.3 Å². The molecule has 0 radical (unpaired) electrons. The molecule has 4 aromatic rings. The van der Waals surface area contributed by atoms with E-state index in [0.717, 1.165) is 22.0 Å². The number of thioether (sulfide) groups is 1. The molecule has 0 unspecified atom stereocenters. The number of nitro groups is 1. The van der Waals surface area contributed by atoms with E-state index in [9.17, 15) is 19.7 Å². The Morgan fingerprint density at radius 3 is 2.66 bits per heavy atom. The number of nitro benzene ring substituents is 1. The molecule has 0 N–H and O–H groups in total. The van der Waals surface area contributed by atoms with E-state index in [-0.39, 0.29) is 23.4 Å². The monoisotopic (exact) mass is 448 g/mol. The van der Waals surface area contributed by atoms with Crippen molar-refractivity contribution in [3.8, 4) is 5.69 Å². The number of nitrogens with zero attached hydrogens (tertiary/aromatic N) is 4. The van der Waals surface area contributed by atoms with E-state index >= 15 is 0 Å². The highest BCUT2D eigenvalue weighted by molar-refractivity contribution is 7.98. The largest absolute Gasteiger partial charge is 0.318 e. The average molecular weight is 449 g/mol. The topological polar surface area (TPSA) is 100 Å². The smallest absolute Gasteiger partial charge is 0.270 e.